The average Bonchev–Trinajstić information content (AvgIpc) is 2.11. The first kappa shape index (κ1) is 13.7. The van der Waals surface area contributed by atoms with Crippen LogP contribution < -0.4 is 10.6 Å². The second-order valence-electron chi connectivity index (χ2n) is 5.73. The lowest BCUT2D eigenvalue weighted by Gasteiger charge is -2.39. The van der Waals surface area contributed by atoms with Crippen LogP contribution >= 0.6 is 12.2 Å². The first-order valence-corrected chi connectivity index (χ1v) is 6.49. The number of hydrogen-bond donors (Lipinski definition) is 3. The van der Waals surface area contributed by atoms with Crippen molar-refractivity contribution in [2.45, 2.75) is 46.1 Å². The van der Waals surface area contributed by atoms with Crippen molar-refractivity contribution in [2.75, 3.05) is 13.2 Å². The van der Waals surface area contributed by atoms with Crippen LogP contribution in [0, 0.1) is 11.3 Å². The van der Waals surface area contributed by atoms with Crippen molar-refractivity contribution >= 4 is 17.3 Å². The molecular weight excluding hydrogens is 220 g/mol. The Morgan fingerprint density at radius 3 is 2.69 bits per heavy atom. The number of aliphatic hydroxyl groups excluding tert-OH is 1. The smallest absolute Gasteiger partial charge is 0.166 e. The fraction of sp³-hybridized carbons (Fsp3) is 0.917. The lowest BCUT2D eigenvalue weighted by Crippen LogP contribution is -2.47. The van der Waals surface area contributed by atoms with Crippen LogP contribution in [0.4, 0.5) is 0 Å². The predicted octanol–water partition coefficient (Wildman–Crippen LogP) is 1.66. The van der Waals surface area contributed by atoms with E-state index in [2.05, 4.69) is 31.4 Å². The number of aliphatic hydroxyl groups is 1. The molecule has 1 saturated carbocycles. The standard InChI is InChI=1S/C12H24N2OS/c1-9-6-10(8-12(2,3)7-9)14-11(16)13-4-5-15/h9-10,15H,4-8H2,1-3H3,(H2,13,14,16)/t9-,10-/m1/s1. The number of rotatable bonds is 3. The fourth-order valence-corrected chi connectivity index (χ4v) is 3.13. The van der Waals surface area contributed by atoms with Crippen LogP contribution in [0.1, 0.15) is 40.0 Å². The van der Waals surface area contributed by atoms with Crippen molar-refractivity contribution in [3.8, 4) is 0 Å². The molecule has 0 aliphatic heterocycles. The van der Waals surface area contributed by atoms with Crippen LogP contribution in [-0.2, 0) is 0 Å². The molecule has 0 aromatic carbocycles. The van der Waals surface area contributed by atoms with Crippen molar-refractivity contribution in [1.82, 2.24) is 10.6 Å². The summed E-state index contributed by atoms with van der Waals surface area (Å²) in [7, 11) is 0. The van der Waals surface area contributed by atoms with Crippen LogP contribution in [0.5, 0.6) is 0 Å². The Hall–Kier alpha value is -0.350. The summed E-state index contributed by atoms with van der Waals surface area (Å²) < 4.78 is 0. The fourth-order valence-electron chi connectivity index (χ4n) is 2.86. The van der Waals surface area contributed by atoms with E-state index in [1.807, 2.05) is 0 Å². The summed E-state index contributed by atoms with van der Waals surface area (Å²) in [6, 6.07) is 0.470. The molecule has 1 rings (SSSR count). The van der Waals surface area contributed by atoms with Gasteiger partial charge in [0.15, 0.2) is 5.11 Å². The van der Waals surface area contributed by atoms with Crippen molar-refractivity contribution < 1.29 is 5.11 Å². The van der Waals surface area contributed by atoms with Gasteiger partial charge in [-0.25, -0.2) is 0 Å². The van der Waals surface area contributed by atoms with Crippen LogP contribution in [0.3, 0.4) is 0 Å². The molecule has 0 saturated heterocycles. The Balaban J connectivity index is 2.39. The van der Waals surface area contributed by atoms with Gasteiger partial charge in [0.2, 0.25) is 0 Å². The Kier molecular flexibility index (Phi) is 4.99. The molecule has 0 unspecified atom stereocenters. The SMILES string of the molecule is C[C@@H]1C[C@@H](NC(=S)NCCO)CC(C)(C)C1. The molecule has 3 nitrogen and oxygen atoms in total. The van der Waals surface area contributed by atoms with Gasteiger partial charge in [-0.2, -0.15) is 0 Å². The van der Waals surface area contributed by atoms with Gasteiger partial charge in [-0.3, -0.25) is 0 Å². The molecule has 4 heteroatoms. The van der Waals surface area contributed by atoms with Gasteiger partial charge in [0, 0.05) is 12.6 Å². The van der Waals surface area contributed by atoms with Crippen molar-refractivity contribution in [2.24, 2.45) is 11.3 Å². The largest absolute Gasteiger partial charge is 0.395 e. The lowest BCUT2D eigenvalue weighted by molar-refractivity contribution is 0.161. The van der Waals surface area contributed by atoms with Crippen LogP contribution in [-0.4, -0.2) is 29.4 Å². The van der Waals surface area contributed by atoms with Gasteiger partial charge in [-0.15, -0.1) is 0 Å². The van der Waals surface area contributed by atoms with E-state index in [0.29, 0.717) is 23.1 Å². The minimum atomic E-state index is 0.119. The van der Waals surface area contributed by atoms with E-state index >= 15 is 0 Å². The number of thiocarbonyl (C=S) groups is 1. The molecule has 0 aromatic heterocycles. The third-order valence-corrected chi connectivity index (χ3v) is 3.38. The van der Waals surface area contributed by atoms with Gasteiger partial charge in [-0.05, 0) is 42.8 Å². The van der Waals surface area contributed by atoms with Crippen molar-refractivity contribution in [3.05, 3.63) is 0 Å². The predicted molar refractivity (Wildman–Crippen MR) is 71.4 cm³/mol. The molecule has 1 aliphatic carbocycles. The molecule has 0 aromatic rings. The van der Waals surface area contributed by atoms with Crippen LogP contribution in [0.15, 0.2) is 0 Å². The van der Waals surface area contributed by atoms with Gasteiger partial charge in [0.1, 0.15) is 0 Å². The van der Waals surface area contributed by atoms with Crippen LogP contribution in [0.25, 0.3) is 0 Å². The molecule has 2 atom stereocenters. The summed E-state index contributed by atoms with van der Waals surface area (Å²) in [4.78, 5) is 0. The zero-order chi connectivity index (χ0) is 12.2. The molecule has 3 N–H and O–H groups in total. The molecule has 0 bridgehead atoms. The van der Waals surface area contributed by atoms with Crippen LogP contribution in [0.2, 0.25) is 0 Å². The molecule has 0 spiro atoms. The van der Waals surface area contributed by atoms with Crippen molar-refractivity contribution in [3.63, 3.8) is 0 Å². The highest BCUT2D eigenvalue weighted by molar-refractivity contribution is 7.80. The third kappa shape index (κ3) is 4.66. The number of nitrogens with one attached hydrogen (secondary N) is 2. The lowest BCUT2D eigenvalue weighted by atomic mass is 9.71. The van der Waals surface area contributed by atoms with E-state index in [-0.39, 0.29) is 6.61 Å². The minimum absolute atomic E-state index is 0.119. The Morgan fingerprint density at radius 1 is 1.44 bits per heavy atom. The molecule has 1 fully saturated rings. The molecular formula is C12H24N2OS. The molecule has 16 heavy (non-hydrogen) atoms. The maximum atomic E-state index is 8.70. The highest BCUT2D eigenvalue weighted by Crippen LogP contribution is 2.38. The quantitative estimate of drug-likeness (QED) is 0.661. The van der Waals surface area contributed by atoms with Gasteiger partial charge >= 0.3 is 0 Å². The summed E-state index contributed by atoms with van der Waals surface area (Å²) >= 11 is 5.18. The summed E-state index contributed by atoms with van der Waals surface area (Å²) in [6.45, 7) is 7.59. The average molecular weight is 244 g/mol. The zero-order valence-electron chi connectivity index (χ0n) is 10.5. The Labute approximate surface area is 104 Å². The highest BCUT2D eigenvalue weighted by Gasteiger charge is 2.32. The van der Waals surface area contributed by atoms with Crippen molar-refractivity contribution in [1.29, 1.82) is 0 Å². The monoisotopic (exact) mass is 244 g/mol. The molecule has 0 heterocycles. The second-order valence-corrected chi connectivity index (χ2v) is 6.14. The second kappa shape index (κ2) is 5.82. The van der Waals surface area contributed by atoms with E-state index in [0.717, 1.165) is 12.3 Å². The minimum Gasteiger partial charge on any atom is -0.395 e. The Morgan fingerprint density at radius 2 is 2.12 bits per heavy atom. The van der Waals surface area contributed by atoms with Gasteiger partial charge in [0.25, 0.3) is 0 Å². The topological polar surface area (TPSA) is 44.3 Å². The van der Waals surface area contributed by atoms with Gasteiger partial charge < -0.3 is 15.7 Å². The first-order valence-electron chi connectivity index (χ1n) is 6.08. The third-order valence-electron chi connectivity index (χ3n) is 3.12. The highest BCUT2D eigenvalue weighted by atomic mass is 32.1. The van der Waals surface area contributed by atoms with E-state index in [4.69, 9.17) is 17.3 Å². The molecule has 0 radical (unpaired) electrons. The van der Waals surface area contributed by atoms with E-state index in [1.54, 1.807) is 0 Å². The molecule has 94 valence electrons. The molecule has 0 amide bonds. The molecule has 1 aliphatic rings. The Bertz CT molecular complexity index is 243. The van der Waals surface area contributed by atoms with E-state index < -0.39 is 0 Å². The maximum absolute atomic E-state index is 8.70. The number of hydrogen-bond acceptors (Lipinski definition) is 2. The van der Waals surface area contributed by atoms with E-state index in [9.17, 15) is 0 Å². The van der Waals surface area contributed by atoms with Gasteiger partial charge in [-0.1, -0.05) is 20.8 Å². The van der Waals surface area contributed by atoms with Gasteiger partial charge in [0.05, 0.1) is 6.61 Å². The first-order chi connectivity index (χ1) is 7.43. The zero-order valence-corrected chi connectivity index (χ0v) is 11.4. The summed E-state index contributed by atoms with van der Waals surface area (Å²) in [6.07, 6.45) is 3.64. The maximum Gasteiger partial charge on any atom is 0.166 e. The normalized spacial score (nSPS) is 28.5. The summed E-state index contributed by atoms with van der Waals surface area (Å²) in [5.74, 6) is 0.752. The summed E-state index contributed by atoms with van der Waals surface area (Å²) in [5, 5.41) is 15.7. The summed E-state index contributed by atoms with van der Waals surface area (Å²) in [5.41, 5.74) is 0.405. The van der Waals surface area contributed by atoms with E-state index in [1.165, 1.54) is 12.8 Å².